The minimum Gasteiger partial charge on any atom is -0.308 e. The molecule has 2 aromatic rings. The molecule has 0 aliphatic rings. The molecule has 0 radical (unpaired) electrons. The van der Waals surface area contributed by atoms with Crippen LogP contribution in [0, 0.1) is 3.70 Å². The van der Waals surface area contributed by atoms with Crippen molar-refractivity contribution in [2.75, 3.05) is 0 Å². The van der Waals surface area contributed by atoms with Gasteiger partial charge in [-0.25, -0.2) is 15.0 Å². The standard InChI is InChI=1S/C8H7IN4O/c1-5(14)2-13-4-12-6-7(9)10-3-11-8(6)13/h3-4H,2H2,1H3. The van der Waals surface area contributed by atoms with Crippen LogP contribution < -0.4 is 0 Å². The van der Waals surface area contributed by atoms with E-state index in [2.05, 4.69) is 37.5 Å². The van der Waals surface area contributed by atoms with Crippen molar-refractivity contribution in [1.29, 1.82) is 0 Å². The van der Waals surface area contributed by atoms with Crippen LogP contribution in [0.5, 0.6) is 0 Å². The Labute approximate surface area is 93.7 Å². The molecule has 0 atom stereocenters. The van der Waals surface area contributed by atoms with Crippen LogP contribution in [-0.4, -0.2) is 25.3 Å². The van der Waals surface area contributed by atoms with Crippen molar-refractivity contribution < 1.29 is 4.79 Å². The number of halogens is 1. The Morgan fingerprint density at radius 2 is 2.29 bits per heavy atom. The molecule has 2 heterocycles. The molecule has 72 valence electrons. The summed E-state index contributed by atoms with van der Waals surface area (Å²) in [6.07, 6.45) is 3.09. The summed E-state index contributed by atoms with van der Waals surface area (Å²) in [5.41, 5.74) is 1.45. The van der Waals surface area contributed by atoms with Crippen LogP contribution in [-0.2, 0) is 11.3 Å². The van der Waals surface area contributed by atoms with Crippen molar-refractivity contribution in [1.82, 2.24) is 19.5 Å². The van der Waals surface area contributed by atoms with E-state index in [1.165, 1.54) is 13.3 Å². The number of hydrogen-bond acceptors (Lipinski definition) is 4. The molecule has 0 aliphatic carbocycles. The predicted molar refractivity (Wildman–Crippen MR) is 58.7 cm³/mol. The summed E-state index contributed by atoms with van der Waals surface area (Å²) in [6.45, 7) is 1.85. The number of fused-ring (bicyclic) bond motifs is 1. The third kappa shape index (κ3) is 1.61. The van der Waals surface area contributed by atoms with Crippen LogP contribution >= 0.6 is 22.6 Å². The zero-order valence-corrected chi connectivity index (χ0v) is 9.59. The first-order valence-corrected chi connectivity index (χ1v) is 5.07. The fourth-order valence-corrected chi connectivity index (χ4v) is 1.71. The Morgan fingerprint density at radius 3 is 3.00 bits per heavy atom. The van der Waals surface area contributed by atoms with Gasteiger partial charge in [0.15, 0.2) is 5.65 Å². The molecule has 0 unspecified atom stereocenters. The number of carbonyl (C=O) groups excluding carboxylic acids is 1. The summed E-state index contributed by atoms with van der Waals surface area (Å²) in [6, 6.07) is 0. The highest BCUT2D eigenvalue weighted by atomic mass is 127. The molecule has 6 heteroatoms. The minimum atomic E-state index is 0.0814. The fourth-order valence-electron chi connectivity index (χ4n) is 1.21. The number of imidazole rings is 1. The van der Waals surface area contributed by atoms with Crippen molar-refractivity contribution in [2.24, 2.45) is 0 Å². The van der Waals surface area contributed by atoms with Gasteiger partial charge in [0.05, 0.1) is 12.9 Å². The van der Waals surface area contributed by atoms with Gasteiger partial charge in [0.2, 0.25) is 0 Å². The topological polar surface area (TPSA) is 60.7 Å². The smallest absolute Gasteiger partial charge is 0.164 e. The van der Waals surface area contributed by atoms with Gasteiger partial charge in [-0.05, 0) is 29.5 Å². The maximum atomic E-state index is 10.9. The molecule has 0 fully saturated rings. The lowest BCUT2D eigenvalue weighted by Gasteiger charge is -1.98. The SMILES string of the molecule is CC(=O)Cn1cnc2c(I)ncnc21. The van der Waals surface area contributed by atoms with Crippen molar-refractivity contribution in [3.8, 4) is 0 Å². The number of ketones is 1. The van der Waals surface area contributed by atoms with E-state index in [0.717, 1.165) is 9.22 Å². The fraction of sp³-hybridized carbons (Fsp3) is 0.250. The van der Waals surface area contributed by atoms with E-state index in [1.54, 1.807) is 10.9 Å². The van der Waals surface area contributed by atoms with Gasteiger partial charge in [0.25, 0.3) is 0 Å². The lowest BCUT2D eigenvalue weighted by molar-refractivity contribution is -0.117. The Bertz CT molecular complexity index is 493. The molecule has 0 aliphatic heterocycles. The van der Waals surface area contributed by atoms with E-state index in [9.17, 15) is 4.79 Å². The zero-order valence-electron chi connectivity index (χ0n) is 7.44. The number of hydrogen-bond donors (Lipinski definition) is 0. The summed E-state index contributed by atoms with van der Waals surface area (Å²) in [5, 5.41) is 0. The summed E-state index contributed by atoms with van der Waals surface area (Å²) in [7, 11) is 0. The van der Waals surface area contributed by atoms with E-state index >= 15 is 0 Å². The molecule has 0 bridgehead atoms. The van der Waals surface area contributed by atoms with Gasteiger partial charge in [0, 0.05) is 0 Å². The van der Waals surface area contributed by atoms with Crippen molar-refractivity contribution in [2.45, 2.75) is 13.5 Å². The second-order valence-electron chi connectivity index (χ2n) is 2.91. The van der Waals surface area contributed by atoms with E-state index in [1.807, 2.05) is 0 Å². The molecule has 0 spiro atoms. The lowest BCUT2D eigenvalue weighted by Crippen LogP contribution is -2.05. The number of Topliss-reactive ketones (excluding diaryl/α,β-unsaturated/α-hetero) is 1. The zero-order chi connectivity index (χ0) is 10.1. The first-order chi connectivity index (χ1) is 6.68. The third-order valence-corrected chi connectivity index (χ3v) is 2.54. The quantitative estimate of drug-likeness (QED) is 0.614. The number of carbonyl (C=O) groups is 1. The van der Waals surface area contributed by atoms with Gasteiger partial charge >= 0.3 is 0 Å². The summed E-state index contributed by atoms with van der Waals surface area (Å²) in [4.78, 5) is 23.2. The Balaban J connectivity index is 2.58. The highest BCUT2D eigenvalue weighted by Crippen LogP contribution is 2.14. The Hall–Kier alpha value is -1.05. The molecule has 0 aromatic carbocycles. The highest BCUT2D eigenvalue weighted by molar-refractivity contribution is 14.1. The van der Waals surface area contributed by atoms with Crippen LogP contribution in [0.1, 0.15) is 6.92 Å². The molecule has 0 amide bonds. The van der Waals surface area contributed by atoms with Crippen LogP contribution in [0.2, 0.25) is 0 Å². The van der Waals surface area contributed by atoms with E-state index < -0.39 is 0 Å². The second-order valence-corrected chi connectivity index (χ2v) is 3.93. The molecular formula is C8H7IN4O. The maximum Gasteiger partial charge on any atom is 0.164 e. The van der Waals surface area contributed by atoms with Gasteiger partial charge in [0.1, 0.15) is 21.3 Å². The van der Waals surface area contributed by atoms with Gasteiger partial charge in [-0.1, -0.05) is 0 Å². The Morgan fingerprint density at radius 1 is 1.50 bits per heavy atom. The molecule has 2 rings (SSSR count). The van der Waals surface area contributed by atoms with Gasteiger partial charge < -0.3 is 4.57 Å². The van der Waals surface area contributed by atoms with Crippen molar-refractivity contribution in [3.05, 3.63) is 16.4 Å². The van der Waals surface area contributed by atoms with E-state index in [-0.39, 0.29) is 5.78 Å². The normalized spacial score (nSPS) is 10.7. The van der Waals surface area contributed by atoms with Crippen molar-refractivity contribution >= 4 is 39.5 Å². The number of rotatable bonds is 2. The lowest BCUT2D eigenvalue weighted by atomic mass is 10.4. The average Bonchev–Trinajstić information content (AvgIpc) is 2.49. The first kappa shape index (κ1) is 9.50. The molecule has 0 saturated carbocycles. The minimum absolute atomic E-state index is 0.0814. The number of aromatic nitrogens is 4. The molecule has 5 nitrogen and oxygen atoms in total. The summed E-state index contributed by atoms with van der Waals surface area (Å²) < 4.78 is 2.52. The molecule has 14 heavy (non-hydrogen) atoms. The summed E-state index contributed by atoms with van der Waals surface area (Å²) in [5.74, 6) is 0.0814. The largest absolute Gasteiger partial charge is 0.308 e. The van der Waals surface area contributed by atoms with Gasteiger partial charge in [-0.3, -0.25) is 4.79 Å². The van der Waals surface area contributed by atoms with Crippen LogP contribution in [0.25, 0.3) is 11.2 Å². The Kier molecular flexibility index (Phi) is 2.44. The molecular weight excluding hydrogens is 295 g/mol. The van der Waals surface area contributed by atoms with Crippen molar-refractivity contribution in [3.63, 3.8) is 0 Å². The van der Waals surface area contributed by atoms with Gasteiger partial charge in [-0.2, -0.15) is 0 Å². The monoisotopic (exact) mass is 302 g/mol. The van der Waals surface area contributed by atoms with Gasteiger partial charge in [-0.15, -0.1) is 0 Å². The summed E-state index contributed by atoms with van der Waals surface area (Å²) >= 11 is 2.09. The molecule has 2 aromatic heterocycles. The second kappa shape index (κ2) is 3.60. The van der Waals surface area contributed by atoms with E-state index in [0.29, 0.717) is 12.2 Å². The van der Waals surface area contributed by atoms with Crippen LogP contribution in [0.3, 0.4) is 0 Å². The third-order valence-electron chi connectivity index (χ3n) is 1.75. The highest BCUT2D eigenvalue weighted by Gasteiger charge is 2.08. The maximum absolute atomic E-state index is 10.9. The number of nitrogens with zero attached hydrogens (tertiary/aromatic N) is 4. The molecule has 0 saturated heterocycles. The predicted octanol–water partition coefficient (Wildman–Crippen LogP) is 1.02. The molecule has 0 N–H and O–H groups in total. The average molecular weight is 302 g/mol. The van der Waals surface area contributed by atoms with Crippen LogP contribution in [0.4, 0.5) is 0 Å². The van der Waals surface area contributed by atoms with E-state index in [4.69, 9.17) is 0 Å². The first-order valence-electron chi connectivity index (χ1n) is 3.99. The van der Waals surface area contributed by atoms with Crippen LogP contribution in [0.15, 0.2) is 12.7 Å².